The zero-order valence-electron chi connectivity index (χ0n) is 15.6. The molecule has 1 aliphatic heterocycles. The first-order chi connectivity index (χ1) is 12.6. The summed E-state index contributed by atoms with van der Waals surface area (Å²) in [5.41, 5.74) is 5.29. The number of aromatic nitrogens is 2. The lowest BCUT2D eigenvalue weighted by Gasteiger charge is -2.26. The fourth-order valence-electron chi connectivity index (χ4n) is 4.06. The summed E-state index contributed by atoms with van der Waals surface area (Å²) in [6, 6.07) is 6.36. The second-order valence-electron chi connectivity index (χ2n) is 7.52. The molecule has 1 aromatic heterocycles. The van der Waals surface area contributed by atoms with Crippen LogP contribution in [0.3, 0.4) is 0 Å². The fourth-order valence-corrected chi connectivity index (χ4v) is 4.06. The van der Waals surface area contributed by atoms with Crippen LogP contribution >= 0.6 is 0 Å². The molecule has 5 nitrogen and oxygen atoms in total. The Balaban J connectivity index is 1.52. The van der Waals surface area contributed by atoms with E-state index < -0.39 is 0 Å². The van der Waals surface area contributed by atoms with Crippen LogP contribution in [0.25, 0.3) is 0 Å². The van der Waals surface area contributed by atoms with Gasteiger partial charge < -0.3 is 10.2 Å². The maximum Gasteiger partial charge on any atom is 0.253 e. The normalized spacial score (nSPS) is 19.3. The molecule has 0 radical (unpaired) electrons. The molecule has 1 aliphatic carbocycles. The number of nitrogens with zero attached hydrogens (tertiary/aromatic N) is 3. The molecule has 2 aliphatic rings. The summed E-state index contributed by atoms with van der Waals surface area (Å²) in [6.45, 7) is 6.04. The van der Waals surface area contributed by atoms with Crippen molar-refractivity contribution in [2.75, 3.05) is 18.0 Å². The highest BCUT2D eigenvalue weighted by atomic mass is 16.1. The van der Waals surface area contributed by atoms with E-state index in [9.17, 15) is 4.79 Å². The quantitative estimate of drug-likeness (QED) is 0.925. The molecule has 4 rings (SSSR count). The van der Waals surface area contributed by atoms with E-state index in [1.54, 1.807) is 0 Å². The van der Waals surface area contributed by atoms with Gasteiger partial charge in [0.25, 0.3) is 5.91 Å². The molecule has 0 saturated carbocycles. The summed E-state index contributed by atoms with van der Waals surface area (Å²) in [5, 5.41) is 3.26. The molecule has 1 aromatic carbocycles. The number of anilines is 1. The number of carbonyl (C=O) groups excluding carboxylic acids is 1. The minimum atomic E-state index is 0.0390. The predicted molar refractivity (Wildman–Crippen MR) is 103 cm³/mol. The maximum atomic E-state index is 13.0. The van der Waals surface area contributed by atoms with Crippen molar-refractivity contribution in [2.24, 2.45) is 0 Å². The number of benzene rings is 1. The van der Waals surface area contributed by atoms with Crippen molar-refractivity contribution >= 4 is 11.6 Å². The molecule has 1 amide bonds. The Morgan fingerprint density at radius 1 is 1.23 bits per heavy atom. The monoisotopic (exact) mass is 350 g/mol. The van der Waals surface area contributed by atoms with Crippen LogP contribution in [0.5, 0.6) is 0 Å². The summed E-state index contributed by atoms with van der Waals surface area (Å²) in [6.07, 6.45) is 6.96. The Labute approximate surface area is 154 Å². The van der Waals surface area contributed by atoms with Crippen LogP contribution in [0.2, 0.25) is 0 Å². The Kier molecular flexibility index (Phi) is 4.62. The van der Waals surface area contributed by atoms with Gasteiger partial charge in [0.15, 0.2) is 0 Å². The van der Waals surface area contributed by atoms with Crippen molar-refractivity contribution in [3.8, 4) is 0 Å². The number of carbonyl (C=O) groups is 1. The minimum Gasteiger partial charge on any atom is -0.371 e. The third-order valence-corrected chi connectivity index (χ3v) is 5.45. The van der Waals surface area contributed by atoms with E-state index >= 15 is 0 Å². The summed E-state index contributed by atoms with van der Waals surface area (Å²) in [4.78, 5) is 24.2. The van der Waals surface area contributed by atoms with E-state index in [-0.39, 0.29) is 11.9 Å². The van der Waals surface area contributed by atoms with Gasteiger partial charge in [-0.2, -0.15) is 0 Å². The van der Waals surface area contributed by atoms with Gasteiger partial charge in [0.2, 0.25) is 0 Å². The van der Waals surface area contributed by atoms with Crippen molar-refractivity contribution in [3.63, 3.8) is 0 Å². The van der Waals surface area contributed by atoms with E-state index in [1.165, 1.54) is 12.8 Å². The molecule has 5 heteroatoms. The zero-order chi connectivity index (χ0) is 18.1. The SMILES string of the molecule is Cc1ccc(N2CCCC2)c(C(=O)NC2CCc3nc(C)ncc3C2)c1. The van der Waals surface area contributed by atoms with Crippen LogP contribution in [-0.2, 0) is 12.8 Å². The second-order valence-corrected chi connectivity index (χ2v) is 7.52. The third kappa shape index (κ3) is 3.43. The number of aryl methyl sites for hydroxylation is 3. The smallest absolute Gasteiger partial charge is 0.253 e. The van der Waals surface area contributed by atoms with Gasteiger partial charge in [-0.1, -0.05) is 11.6 Å². The largest absolute Gasteiger partial charge is 0.371 e. The van der Waals surface area contributed by atoms with Crippen molar-refractivity contribution < 1.29 is 4.79 Å². The van der Waals surface area contributed by atoms with Gasteiger partial charge in [0.05, 0.1) is 5.56 Å². The van der Waals surface area contributed by atoms with Crippen molar-refractivity contribution in [1.82, 2.24) is 15.3 Å². The summed E-state index contributed by atoms with van der Waals surface area (Å²) >= 11 is 0. The Morgan fingerprint density at radius 3 is 2.85 bits per heavy atom. The van der Waals surface area contributed by atoms with E-state index in [0.29, 0.717) is 0 Å². The fraction of sp³-hybridized carbons (Fsp3) is 0.476. The van der Waals surface area contributed by atoms with Crippen LogP contribution in [-0.4, -0.2) is 35.0 Å². The molecule has 0 spiro atoms. The van der Waals surface area contributed by atoms with Crippen molar-refractivity contribution in [3.05, 3.63) is 52.6 Å². The van der Waals surface area contributed by atoms with Gasteiger partial charge in [-0.05, 0) is 63.6 Å². The van der Waals surface area contributed by atoms with Crippen LogP contribution in [0, 0.1) is 13.8 Å². The van der Waals surface area contributed by atoms with Crippen LogP contribution in [0.1, 0.15) is 52.3 Å². The van der Waals surface area contributed by atoms with Crippen molar-refractivity contribution in [1.29, 1.82) is 0 Å². The lowest BCUT2D eigenvalue weighted by atomic mass is 9.92. The minimum absolute atomic E-state index is 0.0390. The number of hydrogen-bond donors (Lipinski definition) is 1. The molecule has 1 saturated heterocycles. The topological polar surface area (TPSA) is 58.1 Å². The standard InChI is InChI=1S/C21H26N4O/c1-14-5-8-20(25-9-3-4-10-25)18(11-14)21(26)24-17-6-7-19-16(12-17)13-22-15(2)23-19/h5,8,11,13,17H,3-4,6-7,9-10,12H2,1-2H3,(H,24,26). The average Bonchev–Trinajstić information content (AvgIpc) is 3.16. The number of rotatable bonds is 3. The third-order valence-electron chi connectivity index (χ3n) is 5.45. The number of hydrogen-bond acceptors (Lipinski definition) is 4. The molecule has 1 unspecified atom stereocenters. The van der Waals surface area contributed by atoms with Gasteiger partial charge in [-0.25, -0.2) is 9.97 Å². The molecule has 2 heterocycles. The lowest BCUT2D eigenvalue weighted by molar-refractivity contribution is 0.0934. The molecular weight excluding hydrogens is 324 g/mol. The number of fused-ring (bicyclic) bond motifs is 1. The van der Waals surface area contributed by atoms with Crippen LogP contribution in [0.4, 0.5) is 5.69 Å². The highest BCUT2D eigenvalue weighted by Gasteiger charge is 2.25. The molecule has 26 heavy (non-hydrogen) atoms. The Bertz CT molecular complexity index is 827. The van der Waals surface area contributed by atoms with Gasteiger partial charge in [0, 0.05) is 36.7 Å². The van der Waals surface area contributed by atoms with E-state index in [0.717, 1.165) is 66.2 Å². The van der Waals surface area contributed by atoms with Gasteiger partial charge in [-0.3, -0.25) is 4.79 Å². The highest BCUT2D eigenvalue weighted by molar-refractivity contribution is 6.00. The Morgan fingerprint density at radius 2 is 2.04 bits per heavy atom. The van der Waals surface area contributed by atoms with E-state index in [4.69, 9.17) is 0 Å². The average molecular weight is 350 g/mol. The summed E-state index contributed by atoms with van der Waals surface area (Å²) in [7, 11) is 0. The van der Waals surface area contributed by atoms with E-state index in [2.05, 4.69) is 32.3 Å². The van der Waals surface area contributed by atoms with Crippen molar-refractivity contribution in [2.45, 2.75) is 52.0 Å². The summed E-state index contributed by atoms with van der Waals surface area (Å²) < 4.78 is 0. The van der Waals surface area contributed by atoms with Crippen LogP contribution < -0.4 is 10.2 Å². The van der Waals surface area contributed by atoms with Gasteiger partial charge in [0.1, 0.15) is 5.82 Å². The van der Waals surface area contributed by atoms with Gasteiger partial charge >= 0.3 is 0 Å². The molecular formula is C21H26N4O. The molecule has 2 aromatic rings. The summed E-state index contributed by atoms with van der Waals surface area (Å²) in [5.74, 6) is 0.860. The first-order valence-electron chi connectivity index (χ1n) is 9.58. The lowest BCUT2D eigenvalue weighted by Crippen LogP contribution is -2.39. The zero-order valence-corrected chi connectivity index (χ0v) is 15.6. The molecule has 1 N–H and O–H groups in total. The maximum absolute atomic E-state index is 13.0. The Hall–Kier alpha value is -2.43. The molecule has 1 fully saturated rings. The molecule has 1 atom stereocenters. The van der Waals surface area contributed by atoms with E-state index in [1.807, 2.05) is 26.1 Å². The first kappa shape index (κ1) is 17.0. The molecule has 136 valence electrons. The predicted octanol–water partition coefficient (Wildman–Crippen LogP) is 2.98. The number of amides is 1. The van der Waals surface area contributed by atoms with Crippen LogP contribution in [0.15, 0.2) is 24.4 Å². The first-order valence-corrected chi connectivity index (χ1v) is 9.58. The van der Waals surface area contributed by atoms with Gasteiger partial charge in [-0.15, -0.1) is 0 Å². The molecule has 0 bridgehead atoms. The second kappa shape index (κ2) is 7.06. The number of nitrogens with one attached hydrogen (secondary N) is 1. The highest BCUT2D eigenvalue weighted by Crippen LogP contribution is 2.26.